The Labute approximate surface area is 131 Å². The second-order valence-electron chi connectivity index (χ2n) is 4.38. The molecule has 1 fully saturated rings. The topological polar surface area (TPSA) is 15.3 Å². The van der Waals surface area contributed by atoms with Crippen LogP contribution >= 0.6 is 36.4 Å². The lowest BCUT2D eigenvalue weighted by atomic mass is 10.0. The van der Waals surface area contributed by atoms with E-state index in [1.165, 1.54) is 12.1 Å². The fourth-order valence-corrected chi connectivity index (χ4v) is 2.73. The van der Waals surface area contributed by atoms with Crippen molar-refractivity contribution in [1.82, 2.24) is 10.2 Å². The van der Waals surface area contributed by atoms with E-state index in [4.69, 9.17) is 11.6 Å². The summed E-state index contributed by atoms with van der Waals surface area (Å²) in [5.74, 6) is -0.270. The van der Waals surface area contributed by atoms with Crippen LogP contribution in [0.3, 0.4) is 0 Å². The molecular weight excluding hydrogens is 310 g/mol. The molecule has 1 heterocycles. The van der Waals surface area contributed by atoms with Gasteiger partial charge in [0.05, 0.1) is 0 Å². The molecule has 1 atom stereocenters. The van der Waals surface area contributed by atoms with E-state index in [1.807, 2.05) is 6.07 Å². The molecule has 0 radical (unpaired) electrons. The maximum atomic E-state index is 13.0. The van der Waals surface area contributed by atoms with E-state index < -0.39 is 0 Å². The fraction of sp³-hybridized carbons (Fsp3) is 0.538. The maximum Gasteiger partial charge on any atom is 0.124 e. The molecule has 1 aromatic rings. The van der Waals surface area contributed by atoms with Crippen LogP contribution in [0.15, 0.2) is 18.2 Å². The zero-order chi connectivity index (χ0) is 12.3. The van der Waals surface area contributed by atoms with Crippen LogP contribution in [-0.2, 0) is 0 Å². The van der Waals surface area contributed by atoms with Crippen LogP contribution in [-0.4, -0.2) is 31.1 Å². The lowest BCUT2D eigenvalue weighted by Crippen LogP contribution is -2.45. The summed E-state index contributed by atoms with van der Waals surface area (Å²) in [6.45, 7) is 6.20. The molecule has 1 N–H and O–H groups in total. The Bertz CT molecular complexity index is 384. The van der Waals surface area contributed by atoms with Gasteiger partial charge in [0, 0.05) is 37.2 Å². The van der Waals surface area contributed by atoms with Crippen molar-refractivity contribution in [2.45, 2.75) is 19.4 Å². The first-order chi connectivity index (χ1) is 8.22. The monoisotopic (exact) mass is 328 g/mol. The molecule has 0 spiro atoms. The summed E-state index contributed by atoms with van der Waals surface area (Å²) in [4.78, 5) is 2.41. The van der Waals surface area contributed by atoms with Crippen LogP contribution in [0.25, 0.3) is 0 Å². The number of nitrogens with one attached hydrogen (secondary N) is 1. The first-order valence-corrected chi connectivity index (χ1v) is 6.50. The first kappa shape index (κ1) is 18.9. The third kappa shape index (κ3) is 4.76. The number of hydrogen-bond donors (Lipinski definition) is 1. The van der Waals surface area contributed by atoms with Crippen LogP contribution in [0.4, 0.5) is 4.39 Å². The minimum absolute atomic E-state index is 0. The molecule has 2 rings (SSSR count). The molecule has 19 heavy (non-hydrogen) atoms. The predicted molar refractivity (Wildman–Crippen MR) is 83.4 cm³/mol. The quantitative estimate of drug-likeness (QED) is 0.910. The van der Waals surface area contributed by atoms with Gasteiger partial charge in [-0.2, -0.15) is 0 Å². The third-order valence-electron chi connectivity index (χ3n) is 3.30. The zero-order valence-electron chi connectivity index (χ0n) is 10.9. The van der Waals surface area contributed by atoms with Gasteiger partial charge in [-0.05, 0) is 24.1 Å². The summed E-state index contributed by atoms with van der Waals surface area (Å²) in [5.41, 5.74) is 1.04. The average Bonchev–Trinajstić information content (AvgIpc) is 2.34. The van der Waals surface area contributed by atoms with Crippen LogP contribution < -0.4 is 5.32 Å². The third-order valence-corrected chi connectivity index (χ3v) is 3.63. The minimum Gasteiger partial charge on any atom is -0.314 e. The predicted octanol–water partition coefficient (Wildman–Crippen LogP) is 3.68. The molecule has 1 aliphatic heterocycles. The lowest BCUT2D eigenvalue weighted by molar-refractivity contribution is 0.169. The van der Waals surface area contributed by atoms with Crippen molar-refractivity contribution in [1.29, 1.82) is 0 Å². The van der Waals surface area contributed by atoms with Gasteiger partial charge in [-0.3, -0.25) is 4.90 Å². The molecule has 110 valence electrons. The minimum atomic E-state index is -0.270. The molecule has 2 nitrogen and oxygen atoms in total. The zero-order valence-corrected chi connectivity index (χ0v) is 13.3. The van der Waals surface area contributed by atoms with Crippen molar-refractivity contribution in [2.75, 3.05) is 26.2 Å². The van der Waals surface area contributed by atoms with E-state index in [9.17, 15) is 4.39 Å². The number of rotatable bonds is 3. The molecule has 1 saturated heterocycles. The van der Waals surface area contributed by atoms with Crippen LogP contribution in [0.2, 0.25) is 5.02 Å². The van der Waals surface area contributed by atoms with Gasteiger partial charge >= 0.3 is 0 Å². The standard InChI is InChI=1S/C13H18ClFN2.2ClH/c1-2-13(17-7-5-16-6-8-17)11-4-3-10(15)9-12(11)14;;/h3-4,9,13,16H,2,5-8H2,1H3;2*1H/t13-;;/m0../s1. The van der Waals surface area contributed by atoms with Gasteiger partial charge in [0.2, 0.25) is 0 Å². The molecule has 0 aromatic heterocycles. The molecule has 0 aliphatic carbocycles. The fourth-order valence-electron chi connectivity index (χ4n) is 2.44. The Hall–Kier alpha value is -0.0600. The summed E-state index contributed by atoms with van der Waals surface area (Å²) < 4.78 is 13.0. The van der Waals surface area contributed by atoms with Gasteiger partial charge in [0.25, 0.3) is 0 Å². The van der Waals surface area contributed by atoms with E-state index in [-0.39, 0.29) is 30.6 Å². The van der Waals surface area contributed by atoms with E-state index in [0.717, 1.165) is 38.2 Å². The summed E-state index contributed by atoms with van der Waals surface area (Å²) in [6, 6.07) is 5.01. The highest BCUT2D eigenvalue weighted by atomic mass is 35.5. The molecule has 0 unspecified atom stereocenters. The Morgan fingerprint density at radius 1 is 1.32 bits per heavy atom. The highest BCUT2D eigenvalue weighted by Crippen LogP contribution is 2.30. The van der Waals surface area contributed by atoms with Crippen LogP contribution in [0.5, 0.6) is 0 Å². The summed E-state index contributed by atoms with van der Waals surface area (Å²) in [6.07, 6.45) is 0.991. The largest absolute Gasteiger partial charge is 0.314 e. The van der Waals surface area contributed by atoms with Gasteiger partial charge in [-0.1, -0.05) is 24.6 Å². The average molecular weight is 330 g/mol. The number of piperazine rings is 1. The Kier molecular flexibility index (Phi) is 8.95. The summed E-state index contributed by atoms with van der Waals surface area (Å²) in [5, 5.41) is 3.87. The van der Waals surface area contributed by atoms with Crippen molar-refractivity contribution < 1.29 is 4.39 Å². The number of hydrogen-bond acceptors (Lipinski definition) is 2. The molecule has 0 amide bonds. The van der Waals surface area contributed by atoms with Gasteiger partial charge < -0.3 is 5.32 Å². The van der Waals surface area contributed by atoms with Gasteiger partial charge in [-0.25, -0.2) is 4.39 Å². The number of halogens is 4. The van der Waals surface area contributed by atoms with Crippen molar-refractivity contribution in [3.63, 3.8) is 0 Å². The molecule has 1 aromatic carbocycles. The highest BCUT2D eigenvalue weighted by Gasteiger charge is 2.22. The molecule has 0 bridgehead atoms. The number of nitrogens with zero attached hydrogens (tertiary/aromatic N) is 1. The van der Waals surface area contributed by atoms with Crippen molar-refractivity contribution in [3.8, 4) is 0 Å². The first-order valence-electron chi connectivity index (χ1n) is 6.12. The molecule has 0 saturated carbocycles. The Morgan fingerprint density at radius 2 is 1.95 bits per heavy atom. The van der Waals surface area contributed by atoms with E-state index in [1.54, 1.807) is 0 Å². The second-order valence-corrected chi connectivity index (χ2v) is 4.78. The molecule has 1 aliphatic rings. The lowest BCUT2D eigenvalue weighted by Gasteiger charge is -2.35. The molecular formula is C13H20Cl3FN2. The normalized spacial score (nSPS) is 17.2. The van der Waals surface area contributed by atoms with Crippen molar-refractivity contribution in [2.24, 2.45) is 0 Å². The van der Waals surface area contributed by atoms with Crippen LogP contribution in [0.1, 0.15) is 24.9 Å². The van der Waals surface area contributed by atoms with Crippen molar-refractivity contribution in [3.05, 3.63) is 34.6 Å². The van der Waals surface area contributed by atoms with Gasteiger partial charge in [0.15, 0.2) is 0 Å². The Balaban J connectivity index is 0.00000162. The van der Waals surface area contributed by atoms with Gasteiger partial charge in [0.1, 0.15) is 5.82 Å². The van der Waals surface area contributed by atoms with E-state index >= 15 is 0 Å². The smallest absolute Gasteiger partial charge is 0.124 e. The summed E-state index contributed by atoms with van der Waals surface area (Å²) in [7, 11) is 0. The van der Waals surface area contributed by atoms with E-state index in [0.29, 0.717) is 11.1 Å². The number of benzene rings is 1. The Morgan fingerprint density at radius 3 is 2.47 bits per heavy atom. The van der Waals surface area contributed by atoms with Gasteiger partial charge in [-0.15, -0.1) is 24.8 Å². The molecule has 6 heteroatoms. The SMILES string of the molecule is CC[C@@H](c1ccc(F)cc1Cl)N1CCNCC1.Cl.Cl. The summed E-state index contributed by atoms with van der Waals surface area (Å²) >= 11 is 6.14. The van der Waals surface area contributed by atoms with E-state index in [2.05, 4.69) is 17.1 Å². The van der Waals surface area contributed by atoms with Crippen molar-refractivity contribution >= 4 is 36.4 Å². The second kappa shape index (κ2) is 8.98. The maximum absolute atomic E-state index is 13.0. The van der Waals surface area contributed by atoms with Crippen LogP contribution in [0, 0.1) is 5.82 Å². The highest BCUT2D eigenvalue weighted by molar-refractivity contribution is 6.31.